The zero-order valence-corrected chi connectivity index (χ0v) is 50.7. The molecule has 1 unspecified atom stereocenters. The van der Waals surface area contributed by atoms with Gasteiger partial charge in [0.2, 0.25) is 0 Å². The van der Waals surface area contributed by atoms with Gasteiger partial charge in [0.15, 0.2) is 0 Å². The lowest BCUT2D eigenvalue weighted by Crippen LogP contribution is -2.14. The van der Waals surface area contributed by atoms with Crippen LogP contribution in [0.3, 0.4) is 0 Å². The van der Waals surface area contributed by atoms with Crippen LogP contribution in [0.5, 0.6) is 0 Å². The lowest BCUT2D eigenvalue weighted by Gasteiger charge is -2.21. The van der Waals surface area contributed by atoms with Crippen LogP contribution in [0, 0.1) is 48.5 Å². The minimum absolute atomic E-state index is 0. The maximum Gasteiger partial charge on any atom is 0.0158 e. The van der Waals surface area contributed by atoms with Crippen LogP contribution in [0.4, 0.5) is 0 Å². The van der Waals surface area contributed by atoms with Gasteiger partial charge >= 0.3 is 0 Å². The van der Waals surface area contributed by atoms with E-state index in [-0.39, 0.29) is 12.8 Å². The molecule has 414 valence electrons. The third-order valence-corrected chi connectivity index (χ3v) is 15.4. The summed E-state index contributed by atoms with van der Waals surface area (Å²) in [5.74, 6) is 0.709. The Balaban J connectivity index is 0.000000194. The first-order chi connectivity index (χ1) is 38.1. The van der Waals surface area contributed by atoms with Gasteiger partial charge in [0, 0.05) is 5.41 Å². The molecule has 0 heterocycles. The van der Waals surface area contributed by atoms with E-state index in [9.17, 15) is 0 Å². The Labute approximate surface area is 486 Å². The van der Waals surface area contributed by atoms with Crippen molar-refractivity contribution in [2.45, 2.75) is 148 Å². The predicted octanol–water partition coefficient (Wildman–Crippen LogP) is 24.4. The normalized spacial score (nSPS) is 11.6. The Hall–Kier alpha value is -7.54. The molecule has 11 rings (SSSR count). The molecule has 1 aliphatic rings. The van der Waals surface area contributed by atoms with Crippen LogP contribution in [-0.2, 0) is 5.41 Å². The average Bonchev–Trinajstić information content (AvgIpc) is 3.80. The number of unbranched alkanes of at least 4 members (excludes halogenated alkanes) is 1. The number of aryl methyl sites for hydroxylation is 6. The molecule has 80 heavy (non-hydrogen) atoms. The first-order valence-corrected chi connectivity index (χ1v) is 29.2. The van der Waals surface area contributed by atoms with Gasteiger partial charge in [-0.2, -0.15) is 0 Å². The van der Waals surface area contributed by atoms with Crippen LogP contribution >= 0.6 is 0 Å². The smallest absolute Gasteiger partial charge is 0.0158 e. The molecule has 1 atom stereocenters. The van der Waals surface area contributed by atoms with Crippen LogP contribution in [0.2, 0.25) is 0 Å². The summed E-state index contributed by atoms with van der Waals surface area (Å²) in [4.78, 5) is 0. The van der Waals surface area contributed by atoms with Crippen molar-refractivity contribution in [3.8, 4) is 55.6 Å². The van der Waals surface area contributed by atoms with Crippen LogP contribution in [0.25, 0.3) is 66.4 Å². The Morgan fingerprint density at radius 3 is 1.48 bits per heavy atom. The number of fused-ring (bicyclic) bond motifs is 4. The third kappa shape index (κ3) is 16.1. The van der Waals surface area contributed by atoms with E-state index in [4.69, 9.17) is 0 Å². The molecule has 0 spiro atoms. The minimum atomic E-state index is 0. The summed E-state index contributed by atoms with van der Waals surface area (Å²) >= 11 is 0. The second kappa shape index (κ2) is 30.7. The lowest BCUT2D eigenvalue weighted by molar-refractivity contribution is 0.660. The van der Waals surface area contributed by atoms with Gasteiger partial charge in [-0.3, -0.25) is 0 Å². The fourth-order valence-corrected chi connectivity index (χ4v) is 10.2. The second-order valence-electron chi connectivity index (χ2n) is 22.2. The highest BCUT2D eigenvalue weighted by molar-refractivity contribution is 5.99. The fraction of sp³-hybridized carbons (Fsp3) is 0.275. The molecule has 10 aromatic rings. The van der Waals surface area contributed by atoms with Crippen LogP contribution < -0.4 is 0 Å². The van der Waals surface area contributed by atoms with Crippen LogP contribution in [0.15, 0.2) is 218 Å². The van der Waals surface area contributed by atoms with Gasteiger partial charge in [-0.15, -0.1) is 0 Å². The molecule has 0 saturated heterocycles. The van der Waals surface area contributed by atoms with Gasteiger partial charge in [-0.05, 0) is 172 Å². The van der Waals surface area contributed by atoms with Crippen molar-refractivity contribution in [2.75, 3.05) is 0 Å². The van der Waals surface area contributed by atoms with E-state index in [0.29, 0.717) is 5.92 Å². The van der Waals surface area contributed by atoms with Crippen molar-refractivity contribution >= 4 is 10.8 Å². The van der Waals surface area contributed by atoms with Gasteiger partial charge in [0.25, 0.3) is 0 Å². The quantitative estimate of drug-likeness (QED) is 0.149. The first kappa shape index (κ1) is 63.3. The monoisotopic (exact) mass is 1050 g/mol. The number of rotatable bonds is 7. The molecule has 0 saturated carbocycles. The molecular formula is C80H94. The SMILES string of the molecule is C.CCC.CCC(C)c1ccccc1.CCCC.Cc1ccc(-c2ccc(C)c(-c3c(C)ccc4ccccc34)c2)cc1.Cc1ccc(-c2cccc(-c3ccccc3C)c2C)cc1.Cc1ccc2c(c1)C(C)(C)c1ccccc1-2. The number of hydrogen-bond donors (Lipinski definition) is 0. The molecule has 10 aromatic carbocycles. The Morgan fingerprint density at radius 2 is 0.850 bits per heavy atom. The van der Waals surface area contributed by atoms with Crippen molar-refractivity contribution < 1.29 is 0 Å². The summed E-state index contributed by atoms with van der Waals surface area (Å²) in [6.45, 7) is 32.9. The van der Waals surface area contributed by atoms with Crippen molar-refractivity contribution in [1.29, 1.82) is 0 Å². The maximum atomic E-state index is 2.34. The molecule has 0 radical (unpaired) electrons. The van der Waals surface area contributed by atoms with Crippen molar-refractivity contribution in [2.24, 2.45) is 0 Å². The van der Waals surface area contributed by atoms with Gasteiger partial charge < -0.3 is 0 Å². The van der Waals surface area contributed by atoms with Crippen molar-refractivity contribution in [1.82, 2.24) is 0 Å². The third-order valence-electron chi connectivity index (χ3n) is 15.4. The van der Waals surface area contributed by atoms with Crippen molar-refractivity contribution in [3.63, 3.8) is 0 Å². The number of benzene rings is 10. The summed E-state index contributed by atoms with van der Waals surface area (Å²) in [5, 5.41) is 2.62. The van der Waals surface area contributed by atoms with Crippen LogP contribution in [0.1, 0.15) is 150 Å². The summed E-state index contributed by atoms with van der Waals surface area (Å²) in [6, 6.07) is 78.8. The van der Waals surface area contributed by atoms with Gasteiger partial charge in [-0.25, -0.2) is 0 Å². The molecule has 0 nitrogen and oxygen atoms in total. The van der Waals surface area contributed by atoms with E-state index < -0.39 is 0 Å². The highest BCUT2D eigenvalue weighted by atomic mass is 14.4. The molecule has 0 heteroatoms. The summed E-state index contributed by atoms with van der Waals surface area (Å²) in [5.41, 5.74) is 27.0. The fourth-order valence-electron chi connectivity index (χ4n) is 10.2. The molecule has 0 bridgehead atoms. The summed E-state index contributed by atoms with van der Waals surface area (Å²) < 4.78 is 0. The maximum absolute atomic E-state index is 2.34. The highest BCUT2D eigenvalue weighted by Crippen LogP contribution is 2.48. The van der Waals surface area contributed by atoms with Crippen molar-refractivity contribution in [3.05, 3.63) is 274 Å². The van der Waals surface area contributed by atoms with E-state index in [1.54, 1.807) is 0 Å². The van der Waals surface area contributed by atoms with Gasteiger partial charge in [0.1, 0.15) is 0 Å². The molecule has 1 aliphatic carbocycles. The highest BCUT2D eigenvalue weighted by Gasteiger charge is 2.34. The minimum Gasteiger partial charge on any atom is -0.0776 e. The van der Waals surface area contributed by atoms with Crippen LogP contribution in [-0.4, -0.2) is 0 Å². The predicted molar refractivity (Wildman–Crippen MR) is 358 cm³/mol. The zero-order chi connectivity index (χ0) is 57.1. The summed E-state index contributed by atoms with van der Waals surface area (Å²) in [6.07, 6.45) is 5.12. The Kier molecular flexibility index (Phi) is 24.3. The Bertz CT molecular complexity index is 3470. The van der Waals surface area contributed by atoms with E-state index in [1.807, 2.05) is 0 Å². The molecule has 0 aromatic heterocycles. The molecule has 0 N–H and O–H groups in total. The summed E-state index contributed by atoms with van der Waals surface area (Å²) in [7, 11) is 0. The average molecular weight is 1060 g/mol. The Morgan fingerprint density at radius 1 is 0.362 bits per heavy atom. The topological polar surface area (TPSA) is 0 Å². The molecular weight excluding hydrogens is 961 g/mol. The molecule has 0 fully saturated rings. The first-order valence-electron chi connectivity index (χ1n) is 29.2. The lowest BCUT2D eigenvalue weighted by atomic mass is 9.82. The second-order valence-corrected chi connectivity index (χ2v) is 22.2. The largest absolute Gasteiger partial charge is 0.0776 e. The van der Waals surface area contributed by atoms with E-state index in [2.05, 4.69) is 322 Å². The zero-order valence-electron chi connectivity index (χ0n) is 50.7. The van der Waals surface area contributed by atoms with E-state index in [1.165, 1.54) is 148 Å². The van der Waals surface area contributed by atoms with E-state index >= 15 is 0 Å². The van der Waals surface area contributed by atoms with Gasteiger partial charge in [-0.1, -0.05) is 311 Å². The molecule has 0 amide bonds. The standard InChI is InChI=1S/C25H22.C21H20.C16H16.C10H14.C4H10.C3H8.CH4/c1-17-8-12-20(13-9-17)22-15-10-18(2)24(16-22)25-19(3)11-14-21-6-4-5-7-23(21)25;1-15-11-13-18(14-12-15)20-9-6-10-21(17(20)3)19-8-5-4-7-16(19)2;1-11-8-9-13-12-6-4-5-7-14(12)16(2,3)15(13)10-11;1-3-9(2)10-7-5-4-6-8-10;1-3-4-2;1-3-2;/h4-16H,1-3H3;4-14H,1-3H3;4-10H,1-3H3;4-9H,3H2,1-2H3;3-4H2,1-2H3;3H2,1-2H3;1H4. The van der Waals surface area contributed by atoms with E-state index in [0.717, 1.165) is 0 Å². The van der Waals surface area contributed by atoms with Gasteiger partial charge in [0.05, 0.1) is 0 Å². The molecule has 0 aliphatic heterocycles. The number of hydrogen-bond acceptors (Lipinski definition) is 0.